The molecule has 7 nitrogen and oxygen atoms in total. The second-order valence-electron chi connectivity index (χ2n) is 7.86. The zero-order chi connectivity index (χ0) is 22.2. The Morgan fingerprint density at radius 3 is 2.35 bits per heavy atom. The number of carbonyl (C=O) groups is 2. The van der Waals surface area contributed by atoms with E-state index in [1.807, 2.05) is 0 Å². The van der Waals surface area contributed by atoms with Crippen LogP contribution < -0.4 is 10.2 Å². The number of fused-ring (bicyclic) bond motifs is 1. The number of anilines is 2. The summed E-state index contributed by atoms with van der Waals surface area (Å²) in [6.07, 6.45) is 3.00. The van der Waals surface area contributed by atoms with Gasteiger partial charge in [0.05, 0.1) is 4.90 Å². The molecule has 0 spiro atoms. The first-order valence-electron chi connectivity index (χ1n) is 10.3. The van der Waals surface area contributed by atoms with Crippen molar-refractivity contribution in [2.45, 2.75) is 43.5 Å². The zero-order valence-electron chi connectivity index (χ0n) is 17.2. The summed E-state index contributed by atoms with van der Waals surface area (Å²) in [7, 11) is -3.59. The zero-order valence-corrected chi connectivity index (χ0v) is 18.7. The summed E-state index contributed by atoms with van der Waals surface area (Å²) in [6, 6.07) is 10.7. The van der Waals surface area contributed by atoms with Gasteiger partial charge >= 0.3 is 0 Å². The van der Waals surface area contributed by atoms with Crippen molar-refractivity contribution >= 4 is 44.8 Å². The number of piperidine rings is 1. The van der Waals surface area contributed by atoms with E-state index in [2.05, 4.69) is 5.32 Å². The minimum Gasteiger partial charge on any atom is -0.324 e. The normalized spacial score (nSPS) is 19.2. The van der Waals surface area contributed by atoms with Crippen LogP contribution in [-0.2, 0) is 26.0 Å². The summed E-state index contributed by atoms with van der Waals surface area (Å²) in [6.45, 7) is 2.44. The molecule has 1 saturated heterocycles. The molecule has 31 heavy (non-hydrogen) atoms. The molecule has 0 aliphatic carbocycles. The Balaban J connectivity index is 1.60. The average molecular weight is 462 g/mol. The summed E-state index contributed by atoms with van der Waals surface area (Å²) >= 11 is 5.89. The molecule has 1 fully saturated rings. The Bertz CT molecular complexity index is 1110. The molecule has 1 atom stereocenters. The second kappa shape index (κ2) is 8.61. The van der Waals surface area contributed by atoms with E-state index in [4.69, 9.17) is 11.6 Å². The number of halogens is 1. The maximum atomic E-state index is 13.0. The third-order valence-electron chi connectivity index (χ3n) is 5.74. The van der Waals surface area contributed by atoms with E-state index in [1.54, 1.807) is 36.4 Å². The molecule has 0 bridgehead atoms. The van der Waals surface area contributed by atoms with Gasteiger partial charge in [-0.05, 0) is 60.9 Å². The lowest BCUT2D eigenvalue weighted by atomic mass is 10.1. The van der Waals surface area contributed by atoms with E-state index >= 15 is 0 Å². The predicted octanol–water partition coefficient (Wildman–Crippen LogP) is 3.43. The molecule has 2 amide bonds. The maximum absolute atomic E-state index is 13.0. The van der Waals surface area contributed by atoms with Gasteiger partial charge in [0.25, 0.3) is 0 Å². The number of amides is 2. The van der Waals surface area contributed by atoms with Gasteiger partial charge < -0.3 is 5.32 Å². The molecule has 1 N–H and O–H groups in total. The highest BCUT2D eigenvalue weighted by atomic mass is 35.5. The van der Waals surface area contributed by atoms with Crippen LogP contribution in [0.4, 0.5) is 11.4 Å². The van der Waals surface area contributed by atoms with Crippen LogP contribution in [0.25, 0.3) is 0 Å². The fourth-order valence-corrected chi connectivity index (χ4v) is 5.89. The van der Waals surface area contributed by atoms with Crippen LogP contribution in [0.5, 0.6) is 0 Å². The first-order valence-corrected chi connectivity index (χ1v) is 12.1. The summed E-state index contributed by atoms with van der Waals surface area (Å²) in [5.41, 5.74) is 1.81. The summed E-state index contributed by atoms with van der Waals surface area (Å²) in [5, 5.41) is 3.36. The van der Waals surface area contributed by atoms with Crippen molar-refractivity contribution in [2.24, 2.45) is 0 Å². The number of hydrogen-bond acceptors (Lipinski definition) is 4. The summed E-state index contributed by atoms with van der Waals surface area (Å²) < 4.78 is 27.6. The molecule has 2 aromatic rings. The van der Waals surface area contributed by atoms with Crippen LogP contribution >= 0.6 is 11.6 Å². The minimum atomic E-state index is -3.59. The number of nitrogens with zero attached hydrogens (tertiary/aromatic N) is 2. The van der Waals surface area contributed by atoms with E-state index in [0.29, 0.717) is 35.1 Å². The third kappa shape index (κ3) is 4.33. The molecule has 2 aliphatic heterocycles. The highest BCUT2D eigenvalue weighted by molar-refractivity contribution is 7.89. The topological polar surface area (TPSA) is 86.8 Å². The van der Waals surface area contributed by atoms with Crippen LogP contribution in [-0.4, -0.2) is 43.7 Å². The Morgan fingerprint density at radius 1 is 1.03 bits per heavy atom. The van der Waals surface area contributed by atoms with Gasteiger partial charge in [0.1, 0.15) is 6.04 Å². The average Bonchev–Trinajstić information content (AvgIpc) is 3.15. The largest absolute Gasteiger partial charge is 0.324 e. The quantitative estimate of drug-likeness (QED) is 0.755. The van der Waals surface area contributed by atoms with Crippen LogP contribution in [0.15, 0.2) is 47.4 Å². The molecule has 4 rings (SSSR count). The number of carbonyl (C=O) groups excluding carboxylic acids is 2. The lowest BCUT2D eigenvalue weighted by molar-refractivity contribution is -0.122. The monoisotopic (exact) mass is 461 g/mol. The molecule has 0 aromatic heterocycles. The Hall–Kier alpha value is -2.42. The number of rotatable bonds is 4. The minimum absolute atomic E-state index is 0.204. The second-order valence-corrected chi connectivity index (χ2v) is 10.2. The molecular weight excluding hydrogens is 438 g/mol. The van der Waals surface area contributed by atoms with Crippen molar-refractivity contribution in [1.29, 1.82) is 0 Å². The smallest absolute Gasteiger partial charge is 0.247 e. The van der Waals surface area contributed by atoms with Crippen LogP contribution in [0.2, 0.25) is 5.02 Å². The fraction of sp³-hybridized carbons (Fsp3) is 0.364. The van der Waals surface area contributed by atoms with Gasteiger partial charge in [-0.25, -0.2) is 8.42 Å². The molecule has 2 heterocycles. The number of nitrogens with one attached hydrogen (secondary N) is 1. The summed E-state index contributed by atoms with van der Waals surface area (Å²) in [4.78, 5) is 26.9. The van der Waals surface area contributed by atoms with Gasteiger partial charge in [-0.15, -0.1) is 0 Å². The van der Waals surface area contributed by atoms with E-state index in [1.165, 1.54) is 22.2 Å². The van der Waals surface area contributed by atoms with Crippen molar-refractivity contribution < 1.29 is 18.0 Å². The van der Waals surface area contributed by atoms with Gasteiger partial charge in [0.2, 0.25) is 21.8 Å². The van der Waals surface area contributed by atoms with E-state index in [-0.39, 0.29) is 23.1 Å². The van der Waals surface area contributed by atoms with E-state index in [9.17, 15) is 18.0 Å². The molecule has 0 radical (unpaired) electrons. The maximum Gasteiger partial charge on any atom is 0.247 e. The molecule has 2 aliphatic rings. The predicted molar refractivity (Wildman–Crippen MR) is 120 cm³/mol. The lowest BCUT2D eigenvalue weighted by Crippen LogP contribution is -2.44. The van der Waals surface area contributed by atoms with Gasteiger partial charge in [-0.3, -0.25) is 14.5 Å². The Labute approximate surface area is 187 Å². The molecule has 0 saturated carbocycles. The molecule has 9 heteroatoms. The van der Waals surface area contributed by atoms with Gasteiger partial charge in [0, 0.05) is 42.8 Å². The van der Waals surface area contributed by atoms with Crippen molar-refractivity contribution in [3.8, 4) is 0 Å². The summed E-state index contributed by atoms with van der Waals surface area (Å²) in [5.74, 6) is -0.615. The first-order chi connectivity index (χ1) is 14.8. The molecule has 2 aromatic carbocycles. The van der Waals surface area contributed by atoms with Crippen molar-refractivity contribution in [1.82, 2.24) is 4.31 Å². The first kappa shape index (κ1) is 21.8. The number of sulfonamides is 1. The van der Waals surface area contributed by atoms with Gasteiger partial charge in [-0.1, -0.05) is 18.0 Å². The molecule has 164 valence electrons. The van der Waals surface area contributed by atoms with E-state index in [0.717, 1.165) is 19.3 Å². The molecule has 0 unspecified atom stereocenters. The third-order valence-corrected chi connectivity index (χ3v) is 7.89. The van der Waals surface area contributed by atoms with Crippen molar-refractivity contribution in [3.63, 3.8) is 0 Å². The highest BCUT2D eigenvalue weighted by Gasteiger charge is 2.38. The van der Waals surface area contributed by atoms with Crippen LogP contribution in [0.1, 0.15) is 31.7 Å². The van der Waals surface area contributed by atoms with Gasteiger partial charge in [-0.2, -0.15) is 4.31 Å². The number of hydrogen-bond donors (Lipinski definition) is 1. The van der Waals surface area contributed by atoms with Crippen molar-refractivity contribution in [2.75, 3.05) is 23.3 Å². The number of benzene rings is 2. The Morgan fingerprint density at radius 2 is 1.71 bits per heavy atom. The molecular formula is C22H24ClN3O4S. The van der Waals surface area contributed by atoms with Crippen LogP contribution in [0, 0.1) is 0 Å². The standard InChI is InChI=1S/C22H24ClN3O4S/c1-15(27)26-20-10-9-19(31(29,30)25-11-3-2-4-12-25)13-16(20)14-21(26)22(28)24-18-7-5-17(23)6-8-18/h5-10,13,21H,2-4,11-12,14H2,1H3,(H,24,28)/t21-/m1/s1. The van der Waals surface area contributed by atoms with Crippen LogP contribution in [0.3, 0.4) is 0 Å². The van der Waals surface area contributed by atoms with Crippen molar-refractivity contribution in [3.05, 3.63) is 53.1 Å². The highest BCUT2D eigenvalue weighted by Crippen LogP contribution is 2.35. The SMILES string of the molecule is CC(=O)N1c2ccc(S(=O)(=O)N3CCCCC3)cc2C[C@@H]1C(=O)Nc1ccc(Cl)cc1. The Kier molecular flexibility index (Phi) is 6.05. The van der Waals surface area contributed by atoms with Gasteiger partial charge in [0.15, 0.2) is 0 Å². The lowest BCUT2D eigenvalue weighted by Gasteiger charge is -2.26. The fourth-order valence-electron chi connectivity index (χ4n) is 4.20. The van der Waals surface area contributed by atoms with E-state index < -0.39 is 16.1 Å².